The predicted octanol–water partition coefficient (Wildman–Crippen LogP) is 4.26. The molecule has 2 heterocycles. The smallest absolute Gasteiger partial charge is 0.264 e. The highest BCUT2D eigenvalue weighted by Gasteiger charge is 2.16. The second-order valence-electron chi connectivity index (χ2n) is 4.13. The zero-order valence-corrected chi connectivity index (χ0v) is 13.9. The Kier molecular flexibility index (Phi) is 4.55. The van der Waals surface area contributed by atoms with Crippen molar-refractivity contribution in [1.29, 1.82) is 0 Å². The maximum Gasteiger partial charge on any atom is 0.278 e. The van der Waals surface area contributed by atoms with E-state index in [4.69, 9.17) is 0 Å². The minimum absolute atomic E-state index is 0.0620. The largest absolute Gasteiger partial charge is 0.278 e. The Morgan fingerprint density at radius 2 is 2.05 bits per heavy atom. The third-order valence-corrected chi connectivity index (χ3v) is 5.87. The average Bonchev–Trinajstić information content (AvgIpc) is 2.95. The van der Waals surface area contributed by atoms with Crippen LogP contribution in [0.4, 0.5) is 5.69 Å². The van der Waals surface area contributed by atoms with Crippen LogP contribution >= 0.6 is 34.9 Å². The molecule has 0 aliphatic heterocycles. The highest BCUT2D eigenvalue weighted by Crippen LogP contribution is 2.39. The Hall–Kier alpha value is -1.71. The van der Waals surface area contributed by atoms with Crippen LogP contribution in [-0.2, 0) is 0 Å². The Labute approximate surface area is 138 Å². The molecular weight excluding hydrogens is 340 g/mol. The molecule has 0 N–H and O–H groups in total. The first-order valence-electron chi connectivity index (χ1n) is 6.34. The molecule has 1 aromatic carbocycles. The molecule has 0 amide bonds. The molecule has 2 aromatic heterocycles. The lowest BCUT2D eigenvalue weighted by atomic mass is 10.1. The molecule has 0 fully saturated rings. The molecule has 0 saturated carbocycles. The second-order valence-corrected chi connectivity index (χ2v) is 7.91. The van der Waals surface area contributed by atoms with Gasteiger partial charge in [0.15, 0.2) is 8.68 Å². The van der Waals surface area contributed by atoms with Gasteiger partial charge in [-0.1, -0.05) is 41.8 Å². The van der Waals surface area contributed by atoms with E-state index < -0.39 is 0 Å². The lowest BCUT2D eigenvalue weighted by Gasteiger charge is -2.04. The summed E-state index contributed by atoms with van der Waals surface area (Å²) in [5, 5.41) is 20.7. The van der Waals surface area contributed by atoms with Gasteiger partial charge in [0.2, 0.25) is 0 Å². The van der Waals surface area contributed by atoms with E-state index in [0.29, 0.717) is 5.39 Å². The first-order valence-corrected chi connectivity index (χ1v) is 8.96. The number of hydrogen-bond acceptors (Lipinski definition) is 8. The standard InChI is InChI=1S/C13H10N4O2S3/c1-2-20-12-15-16-13(22-12)21-11-4-3-10(17(18)19)9-7-14-6-5-8(9)11/h3-7H,2H2,1H3. The maximum atomic E-state index is 11.1. The molecule has 0 radical (unpaired) electrons. The van der Waals surface area contributed by atoms with E-state index in [1.807, 2.05) is 0 Å². The molecule has 3 aromatic rings. The molecule has 0 aliphatic carbocycles. The summed E-state index contributed by atoms with van der Waals surface area (Å²) >= 11 is 4.64. The van der Waals surface area contributed by atoms with Gasteiger partial charge in [-0.2, -0.15) is 0 Å². The number of non-ortho nitro benzene ring substituents is 1. The van der Waals surface area contributed by atoms with Crippen LogP contribution in [0.5, 0.6) is 0 Å². The normalized spacial score (nSPS) is 11.0. The first kappa shape index (κ1) is 15.2. The van der Waals surface area contributed by atoms with Gasteiger partial charge in [0.05, 0.1) is 10.3 Å². The van der Waals surface area contributed by atoms with Gasteiger partial charge in [-0.15, -0.1) is 10.2 Å². The van der Waals surface area contributed by atoms with Crippen molar-refractivity contribution in [3.63, 3.8) is 0 Å². The molecule has 3 rings (SSSR count). The molecule has 22 heavy (non-hydrogen) atoms. The van der Waals surface area contributed by atoms with Crippen LogP contribution in [0.25, 0.3) is 10.8 Å². The van der Waals surface area contributed by atoms with E-state index in [2.05, 4.69) is 22.1 Å². The topological polar surface area (TPSA) is 81.8 Å². The van der Waals surface area contributed by atoms with Crippen LogP contribution in [0.2, 0.25) is 0 Å². The van der Waals surface area contributed by atoms with Gasteiger partial charge in [0.25, 0.3) is 5.69 Å². The van der Waals surface area contributed by atoms with Crippen molar-refractivity contribution in [2.75, 3.05) is 5.75 Å². The van der Waals surface area contributed by atoms with Crippen molar-refractivity contribution in [2.24, 2.45) is 0 Å². The number of hydrogen-bond donors (Lipinski definition) is 0. The van der Waals surface area contributed by atoms with E-state index >= 15 is 0 Å². The first-order chi connectivity index (χ1) is 10.7. The number of pyridine rings is 1. The fourth-order valence-electron chi connectivity index (χ4n) is 1.91. The number of rotatable bonds is 5. The molecule has 6 nitrogen and oxygen atoms in total. The van der Waals surface area contributed by atoms with Crippen LogP contribution in [0.15, 0.2) is 44.2 Å². The monoisotopic (exact) mass is 350 g/mol. The van der Waals surface area contributed by atoms with Crippen LogP contribution in [0.1, 0.15) is 6.92 Å². The number of fused-ring (bicyclic) bond motifs is 1. The van der Waals surface area contributed by atoms with Gasteiger partial charge in [-0.05, 0) is 17.9 Å². The fourth-order valence-corrected chi connectivity index (χ4v) is 4.92. The van der Waals surface area contributed by atoms with E-state index in [0.717, 1.165) is 24.7 Å². The van der Waals surface area contributed by atoms with Crippen molar-refractivity contribution < 1.29 is 4.92 Å². The minimum atomic E-state index is -0.389. The second kappa shape index (κ2) is 6.59. The molecular formula is C13H10N4O2S3. The number of nitro benzene ring substituents is 1. The summed E-state index contributed by atoms with van der Waals surface area (Å²) in [5.74, 6) is 0.950. The van der Waals surface area contributed by atoms with Crippen molar-refractivity contribution >= 4 is 51.3 Å². The summed E-state index contributed by atoms with van der Waals surface area (Å²) in [7, 11) is 0. The van der Waals surface area contributed by atoms with Crippen LogP contribution in [0.3, 0.4) is 0 Å². The van der Waals surface area contributed by atoms with Gasteiger partial charge in [-0.25, -0.2) is 0 Å². The third-order valence-electron chi connectivity index (χ3n) is 2.80. The summed E-state index contributed by atoms with van der Waals surface area (Å²) < 4.78 is 1.75. The van der Waals surface area contributed by atoms with Gasteiger partial charge in [0.1, 0.15) is 0 Å². The number of nitro groups is 1. The average molecular weight is 350 g/mol. The molecule has 0 atom stereocenters. The quantitative estimate of drug-likeness (QED) is 0.386. The summed E-state index contributed by atoms with van der Waals surface area (Å²) in [6.07, 6.45) is 3.16. The number of nitrogens with zero attached hydrogens (tertiary/aromatic N) is 4. The Bertz CT molecular complexity index is 837. The lowest BCUT2D eigenvalue weighted by Crippen LogP contribution is -1.91. The number of aromatic nitrogens is 3. The minimum Gasteiger partial charge on any atom is -0.264 e. The molecule has 0 spiro atoms. The van der Waals surface area contributed by atoms with Crippen molar-refractivity contribution in [2.45, 2.75) is 20.5 Å². The molecule has 0 unspecified atom stereocenters. The zero-order valence-electron chi connectivity index (χ0n) is 11.4. The van der Waals surface area contributed by atoms with E-state index in [9.17, 15) is 10.1 Å². The highest BCUT2D eigenvalue weighted by atomic mass is 32.2. The van der Waals surface area contributed by atoms with E-state index in [1.165, 1.54) is 35.4 Å². The number of thioether (sulfide) groups is 1. The van der Waals surface area contributed by atoms with Crippen LogP contribution < -0.4 is 0 Å². The van der Waals surface area contributed by atoms with Gasteiger partial charge in [-0.3, -0.25) is 15.1 Å². The third kappa shape index (κ3) is 3.06. The Balaban J connectivity index is 2.00. The Morgan fingerprint density at radius 3 is 2.82 bits per heavy atom. The zero-order chi connectivity index (χ0) is 15.5. The van der Waals surface area contributed by atoms with Gasteiger partial charge in [0, 0.05) is 28.7 Å². The Morgan fingerprint density at radius 1 is 1.23 bits per heavy atom. The fraction of sp³-hybridized carbons (Fsp3) is 0.154. The summed E-state index contributed by atoms with van der Waals surface area (Å²) in [4.78, 5) is 15.6. The van der Waals surface area contributed by atoms with E-state index in [-0.39, 0.29) is 10.6 Å². The van der Waals surface area contributed by atoms with E-state index in [1.54, 1.807) is 30.1 Å². The summed E-state index contributed by atoms with van der Waals surface area (Å²) in [6, 6.07) is 5.04. The molecule has 0 saturated heterocycles. The van der Waals surface area contributed by atoms with Crippen LogP contribution in [0, 0.1) is 10.1 Å². The SMILES string of the molecule is CCSc1nnc(Sc2ccc([N+](=O)[O-])c3cnccc23)s1. The number of benzene rings is 1. The van der Waals surface area contributed by atoms with Gasteiger partial charge < -0.3 is 0 Å². The molecule has 112 valence electrons. The van der Waals surface area contributed by atoms with Crippen molar-refractivity contribution in [3.05, 3.63) is 40.7 Å². The maximum absolute atomic E-state index is 11.1. The molecule has 0 bridgehead atoms. The van der Waals surface area contributed by atoms with Gasteiger partial charge >= 0.3 is 0 Å². The van der Waals surface area contributed by atoms with Crippen molar-refractivity contribution in [1.82, 2.24) is 15.2 Å². The highest BCUT2D eigenvalue weighted by molar-refractivity contribution is 8.03. The predicted molar refractivity (Wildman–Crippen MR) is 88.8 cm³/mol. The van der Waals surface area contributed by atoms with Crippen LogP contribution in [-0.4, -0.2) is 25.9 Å². The molecule has 0 aliphatic rings. The van der Waals surface area contributed by atoms with Crippen molar-refractivity contribution in [3.8, 4) is 0 Å². The summed E-state index contributed by atoms with van der Waals surface area (Å²) in [5.41, 5.74) is 0.0620. The summed E-state index contributed by atoms with van der Waals surface area (Å²) in [6.45, 7) is 2.07. The molecule has 9 heteroatoms. The lowest BCUT2D eigenvalue weighted by molar-refractivity contribution is -0.383.